The van der Waals surface area contributed by atoms with E-state index in [0.717, 1.165) is 16.5 Å². The van der Waals surface area contributed by atoms with Crippen LogP contribution in [0, 0.1) is 0 Å². The molecule has 0 spiro atoms. The maximum Gasteiger partial charge on any atom is 0.110 e. The van der Waals surface area contributed by atoms with Gasteiger partial charge in [-0.2, -0.15) is 0 Å². The molecule has 4 N–H and O–H groups in total. The van der Waals surface area contributed by atoms with Gasteiger partial charge < -0.3 is 20.9 Å². The quantitative estimate of drug-likeness (QED) is 0.743. The van der Waals surface area contributed by atoms with Crippen LogP contribution in [-0.4, -0.2) is 34.9 Å². The van der Waals surface area contributed by atoms with Crippen molar-refractivity contribution in [2.75, 3.05) is 24.2 Å². The predicted molar refractivity (Wildman–Crippen MR) is 79.6 cm³/mol. The van der Waals surface area contributed by atoms with Crippen molar-refractivity contribution in [1.29, 1.82) is 0 Å². The highest BCUT2D eigenvalue weighted by Gasteiger charge is 2.39. The minimum absolute atomic E-state index is 0.156. The van der Waals surface area contributed by atoms with Gasteiger partial charge in [-0.3, -0.25) is 4.98 Å². The Hall–Kier alpha value is -1.85. The molecule has 106 valence electrons. The molecule has 1 aromatic heterocycles. The second kappa shape index (κ2) is 4.92. The van der Waals surface area contributed by atoms with Crippen LogP contribution in [0.5, 0.6) is 0 Å². The number of nitrogens with zero attached hydrogens (tertiary/aromatic N) is 1. The van der Waals surface area contributed by atoms with E-state index in [1.165, 1.54) is 0 Å². The minimum Gasteiger partial charge on any atom is -0.398 e. The van der Waals surface area contributed by atoms with Crippen molar-refractivity contribution in [3.05, 3.63) is 30.6 Å². The molecule has 0 radical (unpaired) electrons. The summed E-state index contributed by atoms with van der Waals surface area (Å²) in [7, 11) is 0. The highest BCUT2D eigenvalue weighted by molar-refractivity contribution is 6.00. The SMILES string of the molecule is CC1OCCC1(O)CNc1ccc(N)c2cnccc12. The summed E-state index contributed by atoms with van der Waals surface area (Å²) in [5.74, 6) is 0. The molecule has 5 heteroatoms. The molecule has 3 rings (SSSR count). The lowest BCUT2D eigenvalue weighted by Crippen LogP contribution is -2.43. The molecule has 0 saturated carbocycles. The van der Waals surface area contributed by atoms with Gasteiger partial charge in [-0.05, 0) is 25.1 Å². The van der Waals surface area contributed by atoms with E-state index < -0.39 is 5.60 Å². The van der Waals surface area contributed by atoms with Crippen LogP contribution < -0.4 is 11.1 Å². The number of fused-ring (bicyclic) bond motifs is 1. The summed E-state index contributed by atoms with van der Waals surface area (Å²) in [6, 6.07) is 5.71. The molecule has 2 heterocycles. The Labute approximate surface area is 117 Å². The number of hydrogen-bond donors (Lipinski definition) is 3. The fourth-order valence-electron chi connectivity index (χ4n) is 2.62. The van der Waals surface area contributed by atoms with Gasteiger partial charge in [0, 0.05) is 54.1 Å². The van der Waals surface area contributed by atoms with Crippen LogP contribution in [0.25, 0.3) is 10.8 Å². The van der Waals surface area contributed by atoms with Gasteiger partial charge in [-0.25, -0.2) is 0 Å². The van der Waals surface area contributed by atoms with Crippen molar-refractivity contribution in [2.24, 2.45) is 0 Å². The average molecular weight is 273 g/mol. The van der Waals surface area contributed by atoms with Crippen molar-refractivity contribution < 1.29 is 9.84 Å². The summed E-state index contributed by atoms with van der Waals surface area (Å²) in [5.41, 5.74) is 6.79. The van der Waals surface area contributed by atoms with E-state index in [2.05, 4.69) is 10.3 Å². The van der Waals surface area contributed by atoms with Gasteiger partial charge in [0.05, 0.1) is 6.10 Å². The number of anilines is 2. The maximum atomic E-state index is 10.5. The van der Waals surface area contributed by atoms with E-state index in [4.69, 9.17) is 10.5 Å². The number of pyridine rings is 1. The number of nitrogens with one attached hydrogen (secondary N) is 1. The fourth-order valence-corrected chi connectivity index (χ4v) is 2.62. The van der Waals surface area contributed by atoms with Gasteiger partial charge in [-0.1, -0.05) is 0 Å². The summed E-state index contributed by atoms with van der Waals surface area (Å²) < 4.78 is 5.44. The topological polar surface area (TPSA) is 80.4 Å². The lowest BCUT2D eigenvalue weighted by molar-refractivity contribution is -0.0175. The molecule has 1 fully saturated rings. The maximum absolute atomic E-state index is 10.5. The van der Waals surface area contributed by atoms with Gasteiger partial charge in [-0.15, -0.1) is 0 Å². The van der Waals surface area contributed by atoms with Gasteiger partial charge in [0.2, 0.25) is 0 Å². The summed E-state index contributed by atoms with van der Waals surface area (Å²) in [6.07, 6.45) is 3.99. The monoisotopic (exact) mass is 273 g/mol. The van der Waals surface area contributed by atoms with Gasteiger partial charge >= 0.3 is 0 Å². The molecule has 1 aromatic carbocycles. The molecule has 0 aliphatic carbocycles. The molecule has 1 saturated heterocycles. The number of aromatic nitrogens is 1. The summed E-state index contributed by atoms with van der Waals surface area (Å²) in [6.45, 7) is 2.96. The van der Waals surface area contributed by atoms with Crippen LogP contribution in [0.4, 0.5) is 11.4 Å². The first kappa shape index (κ1) is 13.1. The molecule has 1 aliphatic heterocycles. The number of nitrogen functional groups attached to an aromatic ring is 1. The molecular weight excluding hydrogens is 254 g/mol. The summed E-state index contributed by atoms with van der Waals surface area (Å²) in [5, 5.41) is 15.8. The second-order valence-electron chi connectivity index (χ2n) is 5.34. The van der Waals surface area contributed by atoms with Crippen LogP contribution in [-0.2, 0) is 4.74 Å². The second-order valence-corrected chi connectivity index (χ2v) is 5.34. The molecule has 1 aliphatic rings. The smallest absolute Gasteiger partial charge is 0.110 e. The van der Waals surface area contributed by atoms with E-state index >= 15 is 0 Å². The Morgan fingerprint density at radius 2 is 2.30 bits per heavy atom. The van der Waals surface area contributed by atoms with Crippen LogP contribution >= 0.6 is 0 Å². The third-order valence-electron chi connectivity index (χ3n) is 4.10. The third kappa shape index (κ3) is 2.19. The van der Waals surface area contributed by atoms with Crippen molar-refractivity contribution in [3.8, 4) is 0 Å². The van der Waals surface area contributed by atoms with Crippen molar-refractivity contribution >= 4 is 22.1 Å². The Morgan fingerprint density at radius 3 is 3.05 bits per heavy atom. The van der Waals surface area contributed by atoms with E-state index in [1.54, 1.807) is 12.4 Å². The summed E-state index contributed by atoms with van der Waals surface area (Å²) in [4.78, 5) is 4.10. The molecule has 2 atom stereocenters. The number of hydrogen-bond acceptors (Lipinski definition) is 5. The van der Waals surface area contributed by atoms with E-state index in [9.17, 15) is 5.11 Å². The van der Waals surface area contributed by atoms with Crippen molar-refractivity contribution in [3.63, 3.8) is 0 Å². The number of nitrogens with two attached hydrogens (primary N) is 1. The first-order valence-electron chi connectivity index (χ1n) is 6.80. The van der Waals surface area contributed by atoms with Crippen LogP contribution in [0.15, 0.2) is 30.6 Å². The molecule has 5 nitrogen and oxygen atoms in total. The molecular formula is C15H19N3O2. The van der Waals surface area contributed by atoms with Crippen LogP contribution in [0.1, 0.15) is 13.3 Å². The largest absolute Gasteiger partial charge is 0.398 e. The van der Waals surface area contributed by atoms with Crippen LogP contribution in [0.3, 0.4) is 0 Å². The lowest BCUT2D eigenvalue weighted by atomic mass is 9.96. The first-order valence-corrected chi connectivity index (χ1v) is 6.80. The molecule has 2 unspecified atom stereocenters. The molecule has 2 aromatic rings. The Morgan fingerprint density at radius 1 is 1.45 bits per heavy atom. The highest BCUT2D eigenvalue weighted by Crippen LogP contribution is 2.30. The number of rotatable bonds is 3. The average Bonchev–Trinajstić information content (AvgIpc) is 2.79. The lowest BCUT2D eigenvalue weighted by Gasteiger charge is -2.27. The zero-order valence-corrected chi connectivity index (χ0v) is 11.5. The van der Waals surface area contributed by atoms with Gasteiger partial charge in [0.15, 0.2) is 0 Å². The molecule has 20 heavy (non-hydrogen) atoms. The van der Waals surface area contributed by atoms with E-state index in [0.29, 0.717) is 25.3 Å². The summed E-state index contributed by atoms with van der Waals surface area (Å²) >= 11 is 0. The van der Waals surface area contributed by atoms with Gasteiger partial charge in [0.25, 0.3) is 0 Å². The first-order chi connectivity index (χ1) is 9.60. The van der Waals surface area contributed by atoms with E-state index in [-0.39, 0.29) is 6.10 Å². The Balaban J connectivity index is 1.87. The predicted octanol–water partition coefficient (Wildman–Crippen LogP) is 1.77. The standard InChI is InChI=1S/C15H19N3O2/c1-10-15(19,5-7-20-10)9-18-14-3-2-13(16)12-8-17-6-4-11(12)14/h2-4,6,8,10,18-19H,5,7,9,16H2,1H3. The minimum atomic E-state index is -0.819. The normalized spacial score (nSPS) is 26.0. The number of benzene rings is 1. The fraction of sp³-hybridized carbons (Fsp3) is 0.400. The van der Waals surface area contributed by atoms with Crippen LogP contribution in [0.2, 0.25) is 0 Å². The Kier molecular flexibility index (Phi) is 3.23. The zero-order chi connectivity index (χ0) is 14.2. The van der Waals surface area contributed by atoms with E-state index in [1.807, 2.05) is 25.1 Å². The van der Waals surface area contributed by atoms with Crippen molar-refractivity contribution in [2.45, 2.75) is 25.0 Å². The highest BCUT2D eigenvalue weighted by atomic mass is 16.5. The molecule has 0 bridgehead atoms. The molecule has 0 amide bonds. The number of aliphatic hydroxyl groups is 1. The van der Waals surface area contributed by atoms with Gasteiger partial charge in [0.1, 0.15) is 5.60 Å². The van der Waals surface area contributed by atoms with Crippen molar-refractivity contribution in [1.82, 2.24) is 4.98 Å². The zero-order valence-electron chi connectivity index (χ0n) is 11.5. The number of ether oxygens (including phenoxy) is 1. The third-order valence-corrected chi connectivity index (χ3v) is 4.10. The Bertz CT molecular complexity index is 632.